The molecule has 1 saturated carbocycles. The van der Waals surface area contributed by atoms with Crippen LogP contribution in [0.3, 0.4) is 0 Å². The molecule has 0 unspecified atom stereocenters. The van der Waals surface area contributed by atoms with Crippen molar-refractivity contribution in [1.29, 1.82) is 0 Å². The zero-order chi connectivity index (χ0) is 14.3. The van der Waals surface area contributed by atoms with Crippen molar-refractivity contribution >= 4 is 10.0 Å². The number of aryl methyl sites for hydroxylation is 1. The first-order chi connectivity index (χ1) is 9.66. The predicted molar refractivity (Wildman–Crippen MR) is 82.2 cm³/mol. The lowest BCUT2D eigenvalue weighted by atomic mass is 10.1. The molecule has 0 heterocycles. The van der Waals surface area contributed by atoms with Gasteiger partial charge >= 0.3 is 0 Å². The van der Waals surface area contributed by atoms with Gasteiger partial charge in [0.05, 0.1) is 5.75 Å². The van der Waals surface area contributed by atoms with Gasteiger partial charge in [0, 0.05) is 12.6 Å². The molecule has 0 atom stereocenters. The van der Waals surface area contributed by atoms with Gasteiger partial charge < -0.3 is 5.32 Å². The monoisotopic (exact) mass is 296 g/mol. The van der Waals surface area contributed by atoms with Crippen molar-refractivity contribution < 1.29 is 8.42 Å². The second-order valence-corrected chi connectivity index (χ2v) is 7.31. The van der Waals surface area contributed by atoms with E-state index in [-0.39, 0.29) is 5.75 Å². The zero-order valence-corrected chi connectivity index (χ0v) is 12.7. The van der Waals surface area contributed by atoms with Crippen LogP contribution in [-0.4, -0.2) is 33.3 Å². The molecule has 0 spiro atoms. The molecule has 0 aliphatic heterocycles. The van der Waals surface area contributed by atoms with Gasteiger partial charge in [0.15, 0.2) is 0 Å². The van der Waals surface area contributed by atoms with E-state index in [0.717, 1.165) is 19.4 Å². The van der Waals surface area contributed by atoms with Crippen LogP contribution in [0, 0.1) is 0 Å². The average molecular weight is 296 g/mol. The van der Waals surface area contributed by atoms with Crippen LogP contribution >= 0.6 is 0 Å². The largest absolute Gasteiger partial charge is 0.314 e. The number of nitrogens with one attached hydrogen (secondary N) is 2. The van der Waals surface area contributed by atoms with Crippen molar-refractivity contribution in [3.8, 4) is 0 Å². The van der Waals surface area contributed by atoms with E-state index in [1.54, 1.807) is 0 Å². The summed E-state index contributed by atoms with van der Waals surface area (Å²) in [5, 5.41) is 3.33. The van der Waals surface area contributed by atoms with E-state index in [9.17, 15) is 8.42 Å². The van der Waals surface area contributed by atoms with Gasteiger partial charge in [-0.25, -0.2) is 13.1 Å². The van der Waals surface area contributed by atoms with E-state index in [1.807, 2.05) is 18.2 Å². The van der Waals surface area contributed by atoms with E-state index in [4.69, 9.17) is 0 Å². The Morgan fingerprint density at radius 1 is 1.05 bits per heavy atom. The van der Waals surface area contributed by atoms with E-state index in [0.29, 0.717) is 19.0 Å². The quantitative estimate of drug-likeness (QED) is 0.646. The normalized spacial score (nSPS) is 15.4. The van der Waals surface area contributed by atoms with Gasteiger partial charge in [0.1, 0.15) is 0 Å². The predicted octanol–water partition coefficient (Wildman–Crippen LogP) is 1.68. The summed E-state index contributed by atoms with van der Waals surface area (Å²) in [7, 11) is -3.10. The van der Waals surface area contributed by atoms with Crippen LogP contribution < -0.4 is 10.0 Å². The fourth-order valence-corrected chi connectivity index (χ4v) is 3.22. The fraction of sp³-hybridized carbons (Fsp3) is 0.600. The standard InChI is InChI=1S/C15H24N2O2S/c18-20(19,13-5-11-16-15-9-10-15)17-12-4-8-14-6-2-1-3-7-14/h1-3,6-7,15-17H,4-5,8-13H2. The molecular formula is C15H24N2O2S. The van der Waals surface area contributed by atoms with E-state index in [2.05, 4.69) is 22.2 Å². The zero-order valence-electron chi connectivity index (χ0n) is 11.8. The Morgan fingerprint density at radius 3 is 2.50 bits per heavy atom. The van der Waals surface area contributed by atoms with Crippen molar-refractivity contribution in [3.63, 3.8) is 0 Å². The van der Waals surface area contributed by atoms with Crippen LogP contribution in [0.4, 0.5) is 0 Å². The van der Waals surface area contributed by atoms with Crippen LogP contribution in [0.15, 0.2) is 30.3 Å². The highest BCUT2D eigenvalue weighted by Gasteiger charge is 2.20. The van der Waals surface area contributed by atoms with Gasteiger partial charge in [-0.2, -0.15) is 0 Å². The summed E-state index contributed by atoms with van der Waals surface area (Å²) >= 11 is 0. The van der Waals surface area contributed by atoms with Gasteiger partial charge in [-0.05, 0) is 44.2 Å². The first kappa shape index (κ1) is 15.5. The van der Waals surface area contributed by atoms with E-state index < -0.39 is 10.0 Å². The molecular weight excluding hydrogens is 272 g/mol. The van der Waals surface area contributed by atoms with Gasteiger partial charge in [0.2, 0.25) is 10.0 Å². The lowest BCUT2D eigenvalue weighted by Crippen LogP contribution is -2.29. The Hall–Kier alpha value is -0.910. The molecule has 1 aromatic carbocycles. The third kappa shape index (κ3) is 6.50. The number of benzene rings is 1. The Balaban J connectivity index is 1.54. The Kier molecular flexibility index (Phi) is 6.01. The average Bonchev–Trinajstić information content (AvgIpc) is 3.25. The number of hydrogen-bond acceptors (Lipinski definition) is 3. The lowest BCUT2D eigenvalue weighted by molar-refractivity contribution is 0.572. The first-order valence-corrected chi connectivity index (χ1v) is 9.05. The van der Waals surface area contributed by atoms with Crippen molar-refractivity contribution in [1.82, 2.24) is 10.0 Å². The molecule has 1 aromatic rings. The molecule has 1 fully saturated rings. The Labute approximate surface area is 122 Å². The minimum absolute atomic E-state index is 0.220. The topological polar surface area (TPSA) is 58.2 Å². The third-order valence-corrected chi connectivity index (χ3v) is 4.88. The van der Waals surface area contributed by atoms with Crippen LogP contribution in [-0.2, 0) is 16.4 Å². The molecule has 0 bridgehead atoms. The molecule has 2 rings (SSSR count). The fourth-order valence-electron chi connectivity index (χ4n) is 2.09. The van der Waals surface area contributed by atoms with Crippen LogP contribution in [0.5, 0.6) is 0 Å². The SMILES string of the molecule is O=S(=O)(CCCNC1CC1)NCCCc1ccccc1. The molecule has 0 amide bonds. The number of hydrogen-bond donors (Lipinski definition) is 2. The summed E-state index contributed by atoms with van der Waals surface area (Å²) in [6, 6.07) is 10.8. The summed E-state index contributed by atoms with van der Waals surface area (Å²) in [6.07, 6.45) is 4.91. The van der Waals surface area contributed by atoms with Gasteiger partial charge in [-0.3, -0.25) is 0 Å². The molecule has 1 aliphatic carbocycles. The van der Waals surface area contributed by atoms with Crippen LogP contribution in [0.25, 0.3) is 0 Å². The summed E-state index contributed by atoms with van der Waals surface area (Å²) < 4.78 is 26.2. The highest BCUT2D eigenvalue weighted by Crippen LogP contribution is 2.18. The molecule has 0 aromatic heterocycles. The maximum Gasteiger partial charge on any atom is 0.211 e. The minimum Gasteiger partial charge on any atom is -0.314 e. The van der Waals surface area contributed by atoms with Crippen molar-refractivity contribution in [3.05, 3.63) is 35.9 Å². The molecule has 112 valence electrons. The Morgan fingerprint density at radius 2 is 1.80 bits per heavy atom. The summed E-state index contributed by atoms with van der Waals surface area (Å²) in [5.41, 5.74) is 1.25. The summed E-state index contributed by atoms with van der Waals surface area (Å²) in [5.74, 6) is 0.220. The molecule has 20 heavy (non-hydrogen) atoms. The van der Waals surface area contributed by atoms with Crippen LogP contribution in [0.1, 0.15) is 31.2 Å². The van der Waals surface area contributed by atoms with Gasteiger partial charge in [-0.15, -0.1) is 0 Å². The molecule has 0 radical (unpaired) electrons. The third-order valence-electron chi connectivity index (χ3n) is 3.41. The second kappa shape index (κ2) is 7.76. The maximum atomic E-state index is 11.8. The highest BCUT2D eigenvalue weighted by molar-refractivity contribution is 7.89. The van der Waals surface area contributed by atoms with Crippen molar-refractivity contribution in [2.75, 3.05) is 18.8 Å². The number of sulfonamides is 1. The minimum atomic E-state index is -3.10. The summed E-state index contributed by atoms with van der Waals surface area (Å²) in [4.78, 5) is 0. The molecule has 5 heteroatoms. The van der Waals surface area contributed by atoms with E-state index >= 15 is 0 Å². The van der Waals surface area contributed by atoms with Crippen molar-refractivity contribution in [2.45, 2.75) is 38.1 Å². The molecule has 4 nitrogen and oxygen atoms in total. The van der Waals surface area contributed by atoms with Crippen LogP contribution in [0.2, 0.25) is 0 Å². The highest BCUT2D eigenvalue weighted by atomic mass is 32.2. The van der Waals surface area contributed by atoms with E-state index in [1.165, 1.54) is 18.4 Å². The first-order valence-electron chi connectivity index (χ1n) is 7.40. The summed E-state index contributed by atoms with van der Waals surface area (Å²) in [6.45, 7) is 1.32. The smallest absolute Gasteiger partial charge is 0.211 e. The second-order valence-electron chi connectivity index (χ2n) is 5.38. The lowest BCUT2D eigenvalue weighted by Gasteiger charge is -2.07. The Bertz CT molecular complexity index is 484. The van der Waals surface area contributed by atoms with Gasteiger partial charge in [0.25, 0.3) is 0 Å². The maximum absolute atomic E-state index is 11.8. The van der Waals surface area contributed by atoms with Gasteiger partial charge in [-0.1, -0.05) is 30.3 Å². The van der Waals surface area contributed by atoms with Crippen molar-refractivity contribution in [2.24, 2.45) is 0 Å². The molecule has 2 N–H and O–H groups in total. The number of rotatable bonds is 10. The molecule has 0 saturated heterocycles. The molecule has 1 aliphatic rings.